The fraction of sp³-hybridized carbons (Fsp3) is 0.902. The van der Waals surface area contributed by atoms with Gasteiger partial charge in [-0.2, -0.15) is 0 Å². The number of nitrogens with one attached hydrogen (secondary N) is 1. The van der Waals surface area contributed by atoms with E-state index in [0.717, 1.165) is 77.0 Å². The summed E-state index contributed by atoms with van der Waals surface area (Å²) in [5.74, 6) is -0.0722. The molecule has 0 aromatic heterocycles. The molecule has 1 amide bonds. The van der Waals surface area contributed by atoms with Gasteiger partial charge in [0.15, 0.2) is 0 Å². The fourth-order valence-corrected chi connectivity index (χ4v) is 9.40. The lowest BCUT2D eigenvalue weighted by atomic mass is 10.0. The Morgan fingerprint density at radius 3 is 1.10 bits per heavy atom. The van der Waals surface area contributed by atoms with Crippen LogP contribution in [0.25, 0.3) is 0 Å². The van der Waals surface area contributed by atoms with E-state index in [2.05, 4.69) is 43.5 Å². The Hall–Kier alpha value is -1.66. The molecule has 0 aliphatic rings. The Morgan fingerprint density at radius 2 is 0.731 bits per heavy atom. The number of esters is 1. The standard InChI is InChI=1S/C61H117NO5/c1-3-5-7-9-11-13-15-17-19-21-22-23-25-29-33-37-41-45-49-53-59(64)58(57-63)62-60(65)54-50-46-42-38-34-30-26-24-28-32-36-40-44-48-52-56-67-61(66)55-51-47-43-39-35-31-27-20-18-16-14-12-10-8-6-4-2/h24,28,32,36,58-59,63-64H,3-23,25-27,29-31,33-35,37-57H2,1-2H3,(H,62,65)/b28-24-,36-32-. The third-order valence-electron chi connectivity index (χ3n) is 14.0. The summed E-state index contributed by atoms with van der Waals surface area (Å²) in [5, 5.41) is 23.3. The Morgan fingerprint density at radius 1 is 0.418 bits per heavy atom. The maximum Gasteiger partial charge on any atom is 0.305 e. The molecule has 396 valence electrons. The third kappa shape index (κ3) is 53.5. The molecule has 0 fully saturated rings. The van der Waals surface area contributed by atoms with Crippen molar-refractivity contribution in [1.82, 2.24) is 5.32 Å². The van der Waals surface area contributed by atoms with Gasteiger partial charge in [0, 0.05) is 12.8 Å². The molecule has 2 atom stereocenters. The monoisotopic (exact) mass is 944 g/mol. The van der Waals surface area contributed by atoms with Gasteiger partial charge in [-0.15, -0.1) is 0 Å². The normalized spacial score (nSPS) is 12.7. The lowest BCUT2D eigenvalue weighted by Crippen LogP contribution is -2.45. The van der Waals surface area contributed by atoms with Gasteiger partial charge in [-0.3, -0.25) is 9.59 Å². The predicted molar refractivity (Wildman–Crippen MR) is 292 cm³/mol. The summed E-state index contributed by atoms with van der Waals surface area (Å²) >= 11 is 0. The molecule has 6 heteroatoms. The minimum absolute atomic E-state index is 0.0176. The highest BCUT2D eigenvalue weighted by molar-refractivity contribution is 5.76. The summed E-state index contributed by atoms with van der Waals surface area (Å²) in [6, 6.07) is -0.558. The van der Waals surface area contributed by atoms with E-state index >= 15 is 0 Å². The molecule has 3 N–H and O–H groups in total. The number of hydrogen-bond donors (Lipinski definition) is 3. The van der Waals surface area contributed by atoms with E-state index in [1.807, 2.05) is 0 Å². The molecule has 2 unspecified atom stereocenters. The first-order valence-electron chi connectivity index (χ1n) is 30.1. The number of hydrogen-bond acceptors (Lipinski definition) is 5. The Bertz CT molecular complexity index is 1040. The van der Waals surface area contributed by atoms with Crippen LogP contribution in [-0.2, 0) is 14.3 Å². The van der Waals surface area contributed by atoms with Crippen molar-refractivity contribution >= 4 is 11.9 Å². The van der Waals surface area contributed by atoms with E-state index in [1.54, 1.807) is 0 Å². The Balaban J connectivity index is 3.50. The second kappa shape index (κ2) is 56.9. The average molecular weight is 945 g/mol. The highest BCUT2D eigenvalue weighted by Crippen LogP contribution is 2.18. The number of carbonyl (C=O) groups is 2. The average Bonchev–Trinajstić information content (AvgIpc) is 3.33. The van der Waals surface area contributed by atoms with Crippen molar-refractivity contribution in [3.05, 3.63) is 24.3 Å². The first-order chi connectivity index (χ1) is 33.0. The molecular weight excluding hydrogens is 827 g/mol. The first-order valence-corrected chi connectivity index (χ1v) is 30.1. The number of aliphatic hydroxyl groups is 2. The zero-order valence-corrected chi connectivity index (χ0v) is 45.1. The lowest BCUT2D eigenvalue weighted by Gasteiger charge is -2.22. The molecular formula is C61H117NO5. The molecule has 0 heterocycles. The van der Waals surface area contributed by atoms with Gasteiger partial charge in [0.1, 0.15) is 0 Å². The van der Waals surface area contributed by atoms with Crippen molar-refractivity contribution in [2.45, 2.75) is 341 Å². The summed E-state index contributed by atoms with van der Waals surface area (Å²) < 4.78 is 5.46. The van der Waals surface area contributed by atoms with Crippen molar-refractivity contribution in [2.24, 2.45) is 0 Å². The first kappa shape index (κ1) is 65.3. The minimum Gasteiger partial charge on any atom is -0.466 e. The van der Waals surface area contributed by atoms with Crippen LogP contribution in [0.15, 0.2) is 24.3 Å². The molecule has 0 aromatic carbocycles. The van der Waals surface area contributed by atoms with Gasteiger partial charge in [-0.25, -0.2) is 0 Å². The summed E-state index contributed by atoms with van der Waals surface area (Å²) in [5.41, 5.74) is 0. The van der Waals surface area contributed by atoms with Crippen LogP contribution in [0.2, 0.25) is 0 Å². The maximum absolute atomic E-state index is 12.5. The summed E-state index contributed by atoms with van der Waals surface area (Å²) in [6.07, 6.45) is 68.9. The zero-order valence-electron chi connectivity index (χ0n) is 45.1. The number of ether oxygens (including phenoxy) is 1. The molecule has 0 saturated heterocycles. The van der Waals surface area contributed by atoms with E-state index in [1.165, 1.54) is 218 Å². The van der Waals surface area contributed by atoms with Crippen LogP contribution in [0.4, 0.5) is 0 Å². The van der Waals surface area contributed by atoms with Crippen molar-refractivity contribution in [1.29, 1.82) is 0 Å². The van der Waals surface area contributed by atoms with Crippen LogP contribution >= 0.6 is 0 Å². The molecule has 0 aromatic rings. The van der Waals surface area contributed by atoms with Crippen molar-refractivity contribution in [3.63, 3.8) is 0 Å². The number of carbonyl (C=O) groups excluding carboxylic acids is 2. The smallest absolute Gasteiger partial charge is 0.305 e. The highest BCUT2D eigenvalue weighted by Gasteiger charge is 2.20. The number of allylic oxidation sites excluding steroid dienone is 4. The van der Waals surface area contributed by atoms with Crippen molar-refractivity contribution < 1.29 is 24.5 Å². The van der Waals surface area contributed by atoms with Gasteiger partial charge in [-0.05, 0) is 57.8 Å². The third-order valence-corrected chi connectivity index (χ3v) is 14.0. The van der Waals surface area contributed by atoms with Crippen LogP contribution in [-0.4, -0.2) is 47.4 Å². The molecule has 67 heavy (non-hydrogen) atoms. The molecule has 0 rings (SSSR count). The highest BCUT2D eigenvalue weighted by atomic mass is 16.5. The predicted octanol–water partition coefficient (Wildman–Crippen LogP) is 18.6. The van der Waals surface area contributed by atoms with Gasteiger partial charge in [0.05, 0.1) is 25.4 Å². The van der Waals surface area contributed by atoms with Gasteiger partial charge in [0.2, 0.25) is 5.91 Å². The van der Waals surface area contributed by atoms with Gasteiger partial charge >= 0.3 is 5.97 Å². The minimum atomic E-state index is -0.679. The largest absolute Gasteiger partial charge is 0.466 e. The van der Waals surface area contributed by atoms with E-state index in [-0.39, 0.29) is 18.5 Å². The summed E-state index contributed by atoms with van der Waals surface area (Å²) in [7, 11) is 0. The second-order valence-electron chi connectivity index (χ2n) is 20.7. The molecule has 0 radical (unpaired) electrons. The number of unbranched alkanes of at least 4 members (excludes halogenated alkanes) is 42. The Kier molecular flexibility index (Phi) is 55.5. The van der Waals surface area contributed by atoms with Crippen molar-refractivity contribution in [3.8, 4) is 0 Å². The van der Waals surface area contributed by atoms with E-state index in [4.69, 9.17) is 4.74 Å². The maximum atomic E-state index is 12.5. The molecule has 0 bridgehead atoms. The molecule has 0 aliphatic carbocycles. The van der Waals surface area contributed by atoms with Crippen LogP contribution in [0.1, 0.15) is 328 Å². The van der Waals surface area contributed by atoms with E-state index in [9.17, 15) is 19.8 Å². The lowest BCUT2D eigenvalue weighted by molar-refractivity contribution is -0.143. The van der Waals surface area contributed by atoms with Gasteiger partial charge in [0.25, 0.3) is 0 Å². The molecule has 0 spiro atoms. The zero-order chi connectivity index (χ0) is 48.6. The molecule has 0 aliphatic heterocycles. The molecule has 0 saturated carbocycles. The van der Waals surface area contributed by atoms with Crippen molar-refractivity contribution in [2.75, 3.05) is 13.2 Å². The topological polar surface area (TPSA) is 95.9 Å². The number of aliphatic hydroxyl groups excluding tert-OH is 2. The van der Waals surface area contributed by atoms with Crippen LogP contribution in [0, 0.1) is 0 Å². The number of rotatable bonds is 56. The molecule has 6 nitrogen and oxygen atoms in total. The number of amides is 1. The van der Waals surface area contributed by atoms with E-state index in [0.29, 0.717) is 25.9 Å². The quantitative estimate of drug-likeness (QED) is 0.0321. The van der Waals surface area contributed by atoms with E-state index < -0.39 is 12.1 Å². The van der Waals surface area contributed by atoms with Gasteiger partial charge < -0.3 is 20.3 Å². The van der Waals surface area contributed by atoms with Crippen LogP contribution < -0.4 is 5.32 Å². The summed E-state index contributed by atoms with van der Waals surface area (Å²) in [4.78, 5) is 24.5. The van der Waals surface area contributed by atoms with Gasteiger partial charge in [-0.1, -0.05) is 282 Å². The SMILES string of the molecule is CCCCCCCCCCCCCCCCCCCCCC(O)C(CO)NC(=O)CCCCCCCC/C=C\C=C/CCCCCOC(=O)CCCCCCCCCCCCCCCCCC. The second-order valence-corrected chi connectivity index (χ2v) is 20.7. The Labute approximate surface area is 418 Å². The van der Waals surface area contributed by atoms with Crippen LogP contribution in [0.3, 0.4) is 0 Å². The fourth-order valence-electron chi connectivity index (χ4n) is 9.40. The summed E-state index contributed by atoms with van der Waals surface area (Å²) in [6.45, 7) is 4.92. The van der Waals surface area contributed by atoms with Crippen LogP contribution in [0.5, 0.6) is 0 Å².